The van der Waals surface area contributed by atoms with Crippen LogP contribution in [0, 0.1) is 0 Å². The Morgan fingerprint density at radius 2 is 2.40 bits per heavy atom. The summed E-state index contributed by atoms with van der Waals surface area (Å²) in [4.78, 5) is 0. The van der Waals surface area contributed by atoms with Crippen molar-refractivity contribution in [3.63, 3.8) is 0 Å². The number of hydrogen-bond acceptors (Lipinski definition) is 2. The van der Waals surface area contributed by atoms with Gasteiger partial charge in [0.25, 0.3) is 0 Å². The Kier molecular flexibility index (Phi) is 2.14. The Bertz CT molecular complexity index is 259. The minimum atomic E-state index is -1.81. The predicted octanol–water partition coefficient (Wildman–Crippen LogP) is 1.43. The molecule has 1 aliphatic rings. The quantitative estimate of drug-likeness (QED) is 0.492. The molecular weight excluding hydrogens is 146 g/mol. The van der Waals surface area contributed by atoms with E-state index in [1.165, 1.54) is 5.57 Å². The second kappa shape index (κ2) is 2.74. The van der Waals surface area contributed by atoms with Gasteiger partial charge in [-0.05, 0) is 13.3 Å². The third-order valence-corrected chi connectivity index (χ3v) is 4.04. The van der Waals surface area contributed by atoms with Crippen molar-refractivity contribution in [1.29, 1.82) is 0 Å². The van der Waals surface area contributed by atoms with Gasteiger partial charge in [0.15, 0.2) is 0 Å². The molecule has 0 saturated heterocycles. The Balaban J connectivity index is 2.86. The number of allylic oxidation sites excluding steroid dienone is 1. The Morgan fingerprint density at radius 1 is 1.70 bits per heavy atom. The first-order valence-electron chi connectivity index (χ1n) is 3.42. The SMILES string of the molecule is CN=S1(=O)CC=C(C)CC1. The van der Waals surface area contributed by atoms with Crippen molar-refractivity contribution in [3.8, 4) is 0 Å². The predicted molar refractivity (Wildman–Crippen MR) is 44.6 cm³/mol. The smallest absolute Gasteiger partial charge is 0.0504 e. The van der Waals surface area contributed by atoms with Crippen LogP contribution in [0.1, 0.15) is 13.3 Å². The van der Waals surface area contributed by atoms with Gasteiger partial charge >= 0.3 is 0 Å². The second-order valence-electron chi connectivity index (χ2n) is 2.63. The van der Waals surface area contributed by atoms with Gasteiger partial charge in [-0.25, -0.2) is 8.57 Å². The average Bonchev–Trinajstić information content (AvgIpc) is 1.96. The van der Waals surface area contributed by atoms with Crippen LogP contribution in [0.5, 0.6) is 0 Å². The molecule has 10 heavy (non-hydrogen) atoms. The maximum absolute atomic E-state index is 11.5. The third-order valence-electron chi connectivity index (χ3n) is 1.84. The Labute approximate surface area is 62.5 Å². The minimum Gasteiger partial charge on any atom is -0.249 e. The molecule has 0 aromatic rings. The van der Waals surface area contributed by atoms with Gasteiger partial charge in [-0.3, -0.25) is 0 Å². The lowest BCUT2D eigenvalue weighted by Crippen LogP contribution is -2.14. The second-order valence-corrected chi connectivity index (χ2v) is 5.28. The van der Waals surface area contributed by atoms with Crippen molar-refractivity contribution in [2.45, 2.75) is 13.3 Å². The van der Waals surface area contributed by atoms with Gasteiger partial charge in [-0.1, -0.05) is 11.6 Å². The van der Waals surface area contributed by atoms with Gasteiger partial charge < -0.3 is 0 Å². The summed E-state index contributed by atoms with van der Waals surface area (Å²) >= 11 is 0. The van der Waals surface area contributed by atoms with Crippen LogP contribution in [-0.2, 0) is 9.73 Å². The van der Waals surface area contributed by atoms with Gasteiger partial charge in [0.1, 0.15) is 0 Å². The van der Waals surface area contributed by atoms with Crippen molar-refractivity contribution >= 4 is 9.73 Å². The third kappa shape index (κ3) is 1.59. The lowest BCUT2D eigenvalue weighted by molar-refractivity contribution is 0.675. The first-order chi connectivity index (χ1) is 4.66. The van der Waals surface area contributed by atoms with Crippen LogP contribution >= 0.6 is 0 Å². The molecule has 1 unspecified atom stereocenters. The summed E-state index contributed by atoms with van der Waals surface area (Å²) in [5.41, 5.74) is 1.35. The van der Waals surface area contributed by atoms with E-state index in [1.807, 2.05) is 6.08 Å². The molecule has 0 spiro atoms. The molecule has 0 amide bonds. The van der Waals surface area contributed by atoms with Gasteiger partial charge in [0.2, 0.25) is 0 Å². The highest BCUT2D eigenvalue weighted by Gasteiger charge is 2.11. The van der Waals surface area contributed by atoms with E-state index in [-0.39, 0.29) is 0 Å². The summed E-state index contributed by atoms with van der Waals surface area (Å²) in [5.74, 6) is 1.42. The van der Waals surface area contributed by atoms with Crippen LogP contribution in [0.15, 0.2) is 16.0 Å². The summed E-state index contributed by atoms with van der Waals surface area (Å²) in [6.45, 7) is 2.08. The van der Waals surface area contributed by atoms with E-state index in [9.17, 15) is 4.21 Å². The van der Waals surface area contributed by atoms with E-state index < -0.39 is 9.73 Å². The van der Waals surface area contributed by atoms with Crippen LogP contribution in [0.4, 0.5) is 0 Å². The topological polar surface area (TPSA) is 29.4 Å². The lowest BCUT2D eigenvalue weighted by atomic mass is 10.2. The fourth-order valence-corrected chi connectivity index (χ4v) is 2.63. The summed E-state index contributed by atoms with van der Waals surface area (Å²) in [7, 11) is -0.163. The lowest BCUT2D eigenvalue weighted by Gasteiger charge is -2.12. The normalized spacial score (nSPS) is 33.2. The molecule has 1 rings (SSSR count). The molecule has 3 heteroatoms. The van der Waals surface area contributed by atoms with Gasteiger partial charge in [0, 0.05) is 12.8 Å². The monoisotopic (exact) mass is 159 g/mol. The fraction of sp³-hybridized carbons (Fsp3) is 0.714. The van der Waals surface area contributed by atoms with Crippen molar-refractivity contribution < 1.29 is 4.21 Å². The Morgan fingerprint density at radius 3 is 2.80 bits per heavy atom. The molecule has 0 fully saturated rings. The van der Waals surface area contributed by atoms with E-state index in [0.29, 0.717) is 5.75 Å². The largest absolute Gasteiger partial charge is 0.249 e. The van der Waals surface area contributed by atoms with Crippen LogP contribution in [0.25, 0.3) is 0 Å². The van der Waals surface area contributed by atoms with Crippen LogP contribution in [0.3, 0.4) is 0 Å². The first-order valence-corrected chi connectivity index (χ1v) is 5.28. The van der Waals surface area contributed by atoms with Gasteiger partial charge in [0.05, 0.1) is 15.5 Å². The Hall–Kier alpha value is -0.310. The highest BCUT2D eigenvalue weighted by Crippen LogP contribution is 2.12. The summed E-state index contributed by atoms with van der Waals surface area (Å²) in [6, 6.07) is 0. The molecule has 0 aliphatic carbocycles. The number of nitrogens with zero attached hydrogens (tertiary/aromatic N) is 1. The van der Waals surface area contributed by atoms with E-state index >= 15 is 0 Å². The molecule has 1 heterocycles. The maximum atomic E-state index is 11.5. The minimum absolute atomic E-state index is 0.662. The first kappa shape index (κ1) is 7.79. The van der Waals surface area contributed by atoms with E-state index in [2.05, 4.69) is 11.3 Å². The zero-order chi connectivity index (χ0) is 7.61. The van der Waals surface area contributed by atoms with Crippen LogP contribution in [-0.4, -0.2) is 22.8 Å². The number of hydrogen-bond donors (Lipinski definition) is 0. The maximum Gasteiger partial charge on any atom is 0.0504 e. The molecule has 0 radical (unpaired) electrons. The van der Waals surface area contributed by atoms with E-state index in [1.54, 1.807) is 7.05 Å². The van der Waals surface area contributed by atoms with Crippen molar-refractivity contribution in [1.82, 2.24) is 0 Å². The van der Waals surface area contributed by atoms with E-state index in [0.717, 1.165) is 12.2 Å². The summed E-state index contributed by atoms with van der Waals surface area (Å²) < 4.78 is 15.4. The molecule has 1 aliphatic heterocycles. The molecule has 0 N–H and O–H groups in total. The standard InChI is InChI=1S/C7H13NOS/c1-7-3-5-10(9,8-2)6-4-7/h3H,4-6H2,1-2H3. The van der Waals surface area contributed by atoms with Crippen LogP contribution < -0.4 is 0 Å². The highest BCUT2D eigenvalue weighted by atomic mass is 32.2. The van der Waals surface area contributed by atoms with Crippen molar-refractivity contribution in [2.24, 2.45) is 4.36 Å². The molecule has 58 valence electrons. The molecule has 0 aromatic heterocycles. The van der Waals surface area contributed by atoms with Gasteiger partial charge in [-0.15, -0.1) is 0 Å². The number of rotatable bonds is 0. The fourth-order valence-electron chi connectivity index (χ4n) is 0.944. The zero-order valence-corrected chi connectivity index (χ0v) is 7.28. The molecule has 0 saturated carbocycles. The molecule has 0 aromatic carbocycles. The molecule has 1 atom stereocenters. The zero-order valence-electron chi connectivity index (χ0n) is 6.46. The summed E-state index contributed by atoms with van der Waals surface area (Å²) in [6.07, 6.45) is 3.00. The average molecular weight is 159 g/mol. The van der Waals surface area contributed by atoms with E-state index in [4.69, 9.17) is 0 Å². The highest BCUT2D eigenvalue weighted by molar-refractivity contribution is 7.93. The van der Waals surface area contributed by atoms with Crippen molar-refractivity contribution in [2.75, 3.05) is 18.6 Å². The molecule has 0 bridgehead atoms. The van der Waals surface area contributed by atoms with Crippen LogP contribution in [0.2, 0.25) is 0 Å². The summed E-state index contributed by atoms with van der Waals surface area (Å²) in [5, 5.41) is 0. The van der Waals surface area contributed by atoms with Crippen molar-refractivity contribution in [3.05, 3.63) is 11.6 Å². The molecular formula is C7H13NOS. The molecule has 2 nitrogen and oxygen atoms in total. The van der Waals surface area contributed by atoms with Gasteiger partial charge in [-0.2, -0.15) is 0 Å².